The zero-order chi connectivity index (χ0) is 22.8. The van der Waals surface area contributed by atoms with E-state index in [9.17, 15) is 9.59 Å². The Morgan fingerprint density at radius 2 is 2.03 bits per heavy atom. The molecule has 5 rings (SSSR count). The first-order chi connectivity index (χ1) is 16.0. The summed E-state index contributed by atoms with van der Waals surface area (Å²) < 4.78 is 7.96. The Kier molecular flexibility index (Phi) is 5.72. The van der Waals surface area contributed by atoms with Crippen LogP contribution in [0.2, 0.25) is 0 Å². The molecule has 2 aliphatic heterocycles. The molecule has 2 aromatic heterocycles. The first-order valence-electron chi connectivity index (χ1n) is 11.4. The first kappa shape index (κ1) is 21.4. The van der Waals surface area contributed by atoms with Gasteiger partial charge in [-0.1, -0.05) is 42.5 Å². The maximum absolute atomic E-state index is 13.6. The average molecular weight is 445 g/mol. The molecule has 0 radical (unpaired) electrons. The second kappa shape index (κ2) is 8.83. The van der Waals surface area contributed by atoms with Gasteiger partial charge in [-0.15, -0.1) is 0 Å². The molecule has 1 saturated heterocycles. The molecule has 2 aliphatic rings. The highest BCUT2D eigenvalue weighted by Gasteiger charge is 2.47. The predicted octanol–water partition coefficient (Wildman–Crippen LogP) is 2.89. The Morgan fingerprint density at radius 3 is 2.88 bits per heavy atom. The number of rotatable bonds is 4. The van der Waals surface area contributed by atoms with Crippen molar-refractivity contribution in [1.82, 2.24) is 19.2 Å². The molecule has 0 aliphatic carbocycles. The van der Waals surface area contributed by atoms with Gasteiger partial charge in [0.25, 0.3) is 11.8 Å². The van der Waals surface area contributed by atoms with E-state index in [1.807, 2.05) is 64.9 Å². The Labute approximate surface area is 193 Å². The van der Waals surface area contributed by atoms with Gasteiger partial charge in [-0.05, 0) is 36.6 Å². The van der Waals surface area contributed by atoms with Crippen LogP contribution >= 0.6 is 0 Å². The van der Waals surface area contributed by atoms with Crippen molar-refractivity contribution in [1.29, 1.82) is 0 Å². The third-order valence-corrected chi connectivity index (χ3v) is 6.44. The maximum Gasteiger partial charge on any atom is 0.274 e. The molecule has 1 atom stereocenters. The number of hydrogen-bond acceptors (Lipinski definition) is 4. The Hall–Kier alpha value is -3.45. The van der Waals surface area contributed by atoms with Gasteiger partial charge in [0.2, 0.25) is 0 Å². The molecule has 4 heterocycles. The lowest BCUT2D eigenvalue weighted by Crippen LogP contribution is -2.61. The lowest BCUT2D eigenvalue weighted by Gasteiger charge is -2.42. The summed E-state index contributed by atoms with van der Waals surface area (Å²) in [5.41, 5.74) is 2.35. The minimum atomic E-state index is -1.05. The van der Waals surface area contributed by atoms with Crippen LogP contribution < -0.4 is 0 Å². The summed E-state index contributed by atoms with van der Waals surface area (Å²) in [6.07, 6.45) is 8.91. The fourth-order valence-corrected chi connectivity index (χ4v) is 4.59. The number of carbonyl (C=O) groups excluding carboxylic acids is 2. The van der Waals surface area contributed by atoms with Crippen molar-refractivity contribution >= 4 is 17.5 Å². The van der Waals surface area contributed by atoms with E-state index in [0.29, 0.717) is 38.4 Å². The molecular formula is C26H28N4O3. The molecule has 0 bridgehead atoms. The van der Waals surface area contributed by atoms with Crippen LogP contribution in [0, 0.1) is 6.92 Å². The van der Waals surface area contributed by atoms with Gasteiger partial charge in [0.05, 0.1) is 13.2 Å². The number of nitrogens with zero attached hydrogens (tertiary/aromatic N) is 4. The maximum atomic E-state index is 13.6. The highest BCUT2D eigenvalue weighted by molar-refractivity contribution is 5.94. The van der Waals surface area contributed by atoms with Crippen LogP contribution in [0.5, 0.6) is 0 Å². The second-order valence-electron chi connectivity index (χ2n) is 8.83. The van der Waals surface area contributed by atoms with Gasteiger partial charge in [-0.3, -0.25) is 9.59 Å². The van der Waals surface area contributed by atoms with E-state index >= 15 is 0 Å². The van der Waals surface area contributed by atoms with Crippen LogP contribution in [0.4, 0.5) is 0 Å². The lowest BCUT2D eigenvalue weighted by atomic mass is 9.95. The van der Waals surface area contributed by atoms with Crippen LogP contribution in [0.1, 0.15) is 28.0 Å². The topological polar surface area (TPSA) is 67.2 Å². The van der Waals surface area contributed by atoms with Crippen LogP contribution in [0.3, 0.4) is 0 Å². The zero-order valence-corrected chi connectivity index (χ0v) is 18.8. The minimum Gasteiger partial charge on any atom is -0.361 e. The molecule has 1 aromatic carbocycles. The number of pyridine rings is 1. The number of imidazole rings is 1. The van der Waals surface area contributed by atoms with Crippen LogP contribution in [-0.4, -0.2) is 69.4 Å². The zero-order valence-electron chi connectivity index (χ0n) is 18.8. The number of carbonyl (C=O) groups is 2. The van der Waals surface area contributed by atoms with Gasteiger partial charge in [0.15, 0.2) is 5.60 Å². The molecule has 0 unspecified atom stereocenters. The number of fused-ring (bicyclic) bond motifs is 1. The summed E-state index contributed by atoms with van der Waals surface area (Å²) in [5, 5.41) is 0. The highest BCUT2D eigenvalue weighted by atomic mass is 16.5. The summed E-state index contributed by atoms with van der Waals surface area (Å²) in [6, 6.07) is 14.1. The first-order valence-corrected chi connectivity index (χ1v) is 11.4. The Bertz CT molecular complexity index is 1200. The van der Waals surface area contributed by atoms with Gasteiger partial charge >= 0.3 is 0 Å². The van der Waals surface area contributed by atoms with Crippen molar-refractivity contribution in [2.24, 2.45) is 0 Å². The van der Waals surface area contributed by atoms with Gasteiger partial charge in [0.1, 0.15) is 11.3 Å². The number of aromatic nitrogens is 2. The molecule has 0 N–H and O–H groups in total. The molecule has 170 valence electrons. The number of aryl methyl sites for hydroxylation is 1. The summed E-state index contributed by atoms with van der Waals surface area (Å²) in [6.45, 7) is 4.15. The van der Waals surface area contributed by atoms with Crippen molar-refractivity contribution in [3.8, 4) is 0 Å². The number of amides is 2. The smallest absolute Gasteiger partial charge is 0.274 e. The van der Waals surface area contributed by atoms with Crippen molar-refractivity contribution in [2.75, 3.05) is 32.8 Å². The molecule has 3 aromatic rings. The van der Waals surface area contributed by atoms with Crippen molar-refractivity contribution in [3.63, 3.8) is 0 Å². The largest absolute Gasteiger partial charge is 0.361 e. The van der Waals surface area contributed by atoms with E-state index < -0.39 is 5.60 Å². The molecule has 7 heteroatoms. The molecule has 1 fully saturated rings. The number of ether oxygens (including phenoxy) is 1. The van der Waals surface area contributed by atoms with Crippen LogP contribution in [0.25, 0.3) is 5.65 Å². The molecule has 2 amide bonds. The van der Waals surface area contributed by atoms with Gasteiger partial charge < -0.3 is 18.9 Å². The lowest BCUT2D eigenvalue weighted by molar-refractivity contribution is -0.166. The van der Waals surface area contributed by atoms with Gasteiger partial charge in [-0.25, -0.2) is 4.98 Å². The fraction of sp³-hybridized carbons (Fsp3) is 0.346. The molecule has 0 saturated carbocycles. The monoisotopic (exact) mass is 444 g/mol. The SMILES string of the molecule is Cc1ccn2cc(C(=O)N3CCO[C@@]4(CC=CCN(CCc5ccccc5)C4=O)C3)nc2c1. The van der Waals surface area contributed by atoms with E-state index in [4.69, 9.17) is 4.74 Å². The molecule has 1 spiro atoms. The molecule has 7 nitrogen and oxygen atoms in total. The van der Waals surface area contributed by atoms with Crippen molar-refractivity contribution < 1.29 is 14.3 Å². The molecule has 33 heavy (non-hydrogen) atoms. The molecular weight excluding hydrogens is 416 g/mol. The number of hydrogen-bond donors (Lipinski definition) is 0. The van der Waals surface area contributed by atoms with Crippen molar-refractivity contribution in [3.05, 3.63) is 83.8 Å². The highest BCUT2D eigenvalue weighted by Crippen LogP contribution is 2.28. The van der Waals surface area contributed by atoms with E-state index in [0.717, 1.165) is 17.6 Å². The summed E-state index contributed by atoms with van der Waals surface area (Å²) in [5.74, 6) is -0.220. The van der Waals surface area contributed by atoms with Crippen LogP contribution in [0.15, 0.2) is 67.0 Å². The van der Waals surface area contributed by atoms with Crippen LogP contribution in [-0.2, 0) is 16.0 Å². The minimum absolute atomic E-state index is 0.0495. The predicted molar refractivity (Wildman–Crippen MR) is 125 cm³/mol. The van der Waals surface area contributed by atoms with Crippen molar-refractivity contribution in [2.45, 2.75) is 25.4 Å². The van der Waals surface area contributed by atoms with Gasteiger partial charge in [-0.2, -0.15) is 0 Å². The second-order valence-corrected chi connectivity index (χ2v) is 8.83. The Balaban J connectivity index is 1.34. The quantitative estimate of drug-likeness (QED) is 0.581. The third-order valence-electron chi connectivity index (χ3n) is 6.44. The Morgan fingerprint density at radius 1 is 1.18 bits per heavy atom. The fourth-order valence-electron chi connectivity index (χ4n) is 4.59. The normalized spacial score (nSPS) is 21.1. The summed E-state index contributed by atoms with van der Waals surface area (Å²) in [4.78, 5) is 35.0. The number of morpholine rings is 1. The average Bonchev–Trinajstić information content (AvgIpc) is 3.20. The summed E-state index contributed by atoms with van der Waals surface area (Å²) in [7, 11) is 0. The van der Waals surface area contributed by atoms with E-state index in [2.05, 4.69) is 17.1 Å². The van der Waals surface area contributed by atoms with E-state index in [1.54, 1.807) is 11.1 Å². The third kappa shape index (κ3) is 4.28. The van der Waals surface area contributed by atoms with Gasteiger partial charge in [0, 0.05) is 38.4 Å². The summed E-state index contributed by atoms with van der Waals surface area (Å²) >= 11 is 0. The van der Waals surface area contributed by atoms with E-state index in [-0.39, 0.29) is 18.4 Å². The van der Waals surface area contributed by atoms with E-state index in [1.165, 1.54) is 5.56 Å². The standard InChI is InChI=1S/C26H28N4O3/c1-20-9-13-29-18-22(27-23(29)17-20)24(31)30-15-16-33-26(19-30)11-5-6-12-28(25(26)32)14-10-21-7-3-2-4-8-21/h2-9,13,17-18H,10-12,14-16,19H2,1H3/t26-/m0/s1. The number of benzene rings is 1.